The van der Waals surface area contributed by atoms with E-state index in [0.717, 1.165) is 44.6 Å². The molecule has 7 heteroatoms. The number of piperidine rings is 1. The molecular formula is C18H30N2O4S. The fraction of sp³-hybridized carbons (Fsp3) is 0.667. The van der Waals surface area contributed by atoms with Crippen LogP contribution in [0.15, 0.2) is 23.1 Å². The second-order valence-electron chi connectivity index (χ2n) is 6.51. The van der Waals surface area contributed by atoms with Crippen molar-refractivity contribution in [2.45, 2.75) is 31.6 Å². The molecule has 6 nitrogen and oxygen atoms in total. The Hall–Kier alpha value is -1.15. The molecule has 1 aromatic carbocycles. The number of aryl methyl sites for hydroxylation is 1. The van der Waals surface area contributed by atoms with Crippen LogP contribution in [0.5, 0.6) is 5.75 Å². The van der Waals surface area contributed by atoms with Crippen LogP contribution in [0.3, 0.4) is 0 Å². The Morgan fingerprint density at radius 3 is 2.64 bits per heavy atom. The first-order valence-corrected chi connectivity index (χ1v) is 10.4. The van der Waals surface area contributed by atoms with E-state index in [4.69, 9.17) is 9.47 Å². The molecule has 0 radical (unpaired) electrons. The van der Waals surface area contributed by atoms with Gasteiger partial charge in [0.25, 0.3) is 0 Å². The Kier molecular flexibility index (Phi) is 7.68. The number of methoxy groups -OCH3 is 1. The summed E-state index contributed by atoms with van der Waals surface area (Å²) in [6.07, 6.45) is 2.00. The van der Waals surface area contributed by atoms with E-state index in [1.807, 2.05) is 19.9 Å². The molecule has 1 aliphatic heterocycles. The van der Waals surface area contributed by atoms with Crippen LogP contribution in [0.4, 0.5) is 0 Å². The quantitative estimate of drug-likeness (QED) is 0.720. The minimum atomic E-state index is -3.57. The standard InChI is InChI=1S/C18H30N2O4S/c1-4-24-17-6-5-15(2)13-18(17)25(21,22)19-14-16-7-9-20(10-8-16)11-12-23-3/h5-6,13,16,19H,4,7-12,14H2,1-3H3. The van der Waals surface area contributed by atoms with Crippen LogP contribution in [0, 0.1) is 12.8 Å². The van der Waals surface area contributed by atoms with E-state index in [2.05, 4.69) is 9.62 Å². The molecule has 1 N–H and O–H groups in total. The van der Waals surface area contributed by atoms with Gasteiger partial charge < -0.3 is 14.4 Å². The van der Waals surface area contributed by atoms with E-state index in [1.165, 1.54) is 0 Å². The summed E-state index contributed by atoms with van der Waals surface area (Å²) in [7, 11) is -1.86. The Morgan fingerprint density at radius 2 is 2.00 bits per heavy atom. The predicted molar refractivity (Wildman–Crippen MR) is 98.6 cm³/mol. The lowest BCUT2D eigenvalue weighted by atomic mass is 9.97. The third-order valence-electron chi connectivity index (χ3n) is 4.57. The lowest BCUT2D eigenvalue weighted by Gasteiger charge is -2.31. The number of rotatable bonds is 9. The van der Waals surface area contributed by atoms with Crippen molar-refractivity contribution in [3.8, 4) is 5.75 Å². The molecule has 25 heavy (non-hydrogen) atoms. The Bertz CT molecular complexity index is 640. The van der Waals surface area contributed by atoms with Crippen molar-refractivity contribution in [2.24, 2.45) is 5.92 Å². The zero-order valence-electron chi connectivity index (χ0n) is 15.5. The van der Waals surface area contributed by atoms with Crippen molar-refractivity contribution in [1.29, 1.82) is 0 Å². The lowest BCUT2D eigenvalue weighted by Crippen LogP contribution is -2.39. The number of ether oxygens (including phenoxy) is 2. The molecule has 1 aromatic rings. The highest BCUT2D eigenvalue weighted by molar-refractivity contribution is 7.89. The Morgan fingerprint density at radius 1 is 1.28 bits per heavy atom. The molecule has 1 saturated heterocycles. The molecule has 0 spiro atoms. The van der Waals surface area contributed by atoms with E-state index in [0.29, 0.717) is 24.8 Å². The first kappa shape index (κ1) is 20.2. The second-order valence-corrected chi connectivity index (χ2v) is 8.25. The van der Waals surface area contributed by atoms with Gasteiger partial charge in [-0.1, -0.05) is 6.07 Å². The van der Waals surface area contributed by atoms with Gasteiger partial charge in [0, 0.05) is 20.2 Å². The van der Waals surface area contributed by atoms with Crippen LogP contribution >= 0.6 is 0 Å². The summed E-state index contributed by atoms with van der Waals surface area (Å²) in [5.41, 5.74) is 0.898. The summed E-state index contributed by atoms with van der Waals surface area (Å²) in [5.74, 6) is 0.781. The van der Waals surface area contributed by atoms with Gasteiger partial charge in [-0.2, -0.15) is 0 Å². The first-order valence-electron chi connectivity index (χ1n) is 8.90. The molecule has 0 aromatic heterocycles. The minimum Gasteiger partial charge on any atom is -0.492 e. The van der Waals surface area contributed by atoms with Crippen molar-refractivity contribution in [2.75, 3.05) is 46.5 Å². The smallest absolute Gasteiger partial charge is 0.244 e. The molecule has 0 amide bonds. The highest BCUT2D eigenvalue weighted by Gasteiger charge is 2.24. The van der Waals surface area contributed by atoms with Crippen molar-refractivity contribution in [1.82, 2.24) is 9.62 Å². The van der Waals surface area contributed by atoms with E-state index in [1.54, 1.807) is 19.2 Å². The van der Waals surface area contributed by atoms with Gasteiger partial charge in [0.05, 0.1) is 13.2 Å². The van der Waals surface area contributed by atoms with Gasteiger partial charge in [0.1, 0.15) is 10.6 Å². The largest absolute Gasteiger partial charge is 0.492 e. The number of benzene rings is 1. The SMILES string of the molecule is CCOc1ccc(C)cc1S(=O)(=O)NCC1CCN(CCOC)CC1. The van der Waals surface area contributed by atoms with Crippen LogP contribution in [0.1, 0.15) is 25.3 Å². The van der Waals surface area contributed by atoms with E-state index >= 15 is 0 Å². The Balaban J connectivity index is 1.93. The van der Waals surface area contributed by atoms with E-state index in [9.17, 15) is 8.42 Å². The molecular weight excluding hydrogens is 340 g/mol. The number of nitrogens with zero attached hydrogens (tertiary/aromatic N) is 1. The summed E-state index contributed by atoms with van der Waals surface area (Å²) < 4.78 is 38.8. The molecule has 142 valence electrons. The number of likely N-dealkylation sites (tertiary alicyclic amines) is 1. The van der Waals surface area contributed by atoms with Gasteiger partial charge in [-0.25, -0.2) is 13.1 Å². The lowest BCUT2D eigenvalue weighted by molar-refractivity contribution is 0.121. The summed E-state index contributed by atoms with van der Waals surface area (Å²) in [5, 5.41) is 0. The van der Waals surface area contributed by atoms with Crippen molar-refractivity contribution < 1.29 is 17.9 Å². The van der Waals surface area contributed by atoms with E-state index in [-0.39, 0.29) is 4.90 Å². The molecule has 1 aliphatic rings. The first-order chi connectivity index (χ1) is 12.0. The number of hydrogen-bond donors (Lipinski definition) is 1. The zero-order valence-corrected chi connectivity index (χ0v) is 16.3. The second kappa shape index (κ2) is 9.52. The summed E-state index contributed by atoms with van der Waals surface area (Å²) in [6, 6.07) is 5.25. The van der Waals surface area contributed by atoms with Crippen LogP contribution in [-0.4, -0.2) is 59.8 Å². The molecule has 0 atom stereocenters. The molecule has 1 fully saturated rings. The number of nitrogens with one attached hydrogen (secondary N) is 1. The fourth-order valence-corrected chi connectivity index (χ4v) is 4.38. The molecule has 0 aliphatic carbocycles. The summed E-state index contributed by atoms with van der Waals surface area (Å²) >= 11 is 0. The summed E-state index contributed by atoms with van der Waals surface area (Å²) in [4.78, 5) is 2.59. The topological polar surface area (TPSA) is 67.9 Å². The van der Waals surface area contributed by atoms with Crippen molar-refractivity contribution in [3.05, 3.63) is 23.8 Å². The van der Waals surface area contributed by atoms with Crippen LogP contribution < -0.4 is 9.46 Å². The normalized spacial score (nSPS) is 16.9. The van der Waals surface area contributed by atoms with Gasteiger partial charge in [-0.05, 0) is 63.4 Å². The Labute approximate surface area is 151 Å². The maximum absolute atomic E-state index is 12.7. The maximum atomic E-state index is 12.7. The van der Waals surface area contributed by atoms with Gasteiger partial charge >= 0.3 is 0 Å². The average Bonchev–Trinajstić information content (AvgIpc) is 2.61. The van der Waals surface area contributed by atoms with Gasteiger partial charge in [0.15, 0.2) is 0 Å². The van der Waals surface area contributed by atoms with E-state index < -0.39 is 10.0 Å². The molecule has 2 rings (SSSR count). The predicted octanol–water partition coefficient (Wildman–Crippen LogP) is 2.03. The highest BCUT2D eigenvalue weighted by Crippen LogP contribution is 2.25. The van der Waals surface area contributed by atoms with Gasteiger partial charge in [-0.15, -0.1) is 0 Å². The zero-order chi connectivity index (χ0) is 18.3. The molecule has 0 bridgehead atoms. The number of sulfonamides is 1. The van der Waals surface area contributed by atoms with Gasteiger partial charge in [-0.3, -0.25) is 0 Å². The van der Waals surface area contributed by atoms with Crippen molar-refractivity contribution >= 4 is 10.0 Å². The molecule has 1 heterocycles. The molecule has 0 saturated carbocycles. The average molecular weight is 371 g/mol. The maximum Gasteiger partial charge on any atom is 0.244 e. The summed E-state index contributed by atoms with van der Waals surface area (Å²) in [6.45, 7) is 8.30. The van der Waals surface area contributed by atoms with Crippen molar-refractivity contribution in [3.63, 3.8) is 0 Å². The number of hydrogen-bond acceptors (Lipinski definition) is 5. The minimum absolute atomic E-state index is 0.229. The van der Waals surface area contributed by atoms with Crippen LogP contribution in [0.25, 0.3) is 0 Å². The molecule has 0 unspecified atom stereocenters. The van der Waals surface area contributed by atoms with Crippen LogP contribution in [0.2, 0.25) is 0 Å². The van der Waals surface area contributed by atoms with Crippen LogP contribution in [-0.2, 0) is 14.8 Å². The monoisotopic (exact) mass is 370 g/mol. The van der Waals surface area contributed by atoms with Gasteiger partial charge in [0.2, 0.25) is 10.0 Å². The third-order valence-corrected chi connectivity index (χ3v) is 6.01. The fourth-order valence-electron chi connectivity index (χ4n) is 3.04. The third kappa shape index (κ3) is 5.95. The highest BCUT2D eigenvalue weighted by atomic mass is 32.2.